The summed E-state index contributed by atoms with van der Waals surface area (Å²) < 4.78 is 49.6. The third-order valence-corrected chi connectivity index (χ3v) is 7.17. The van der Waals surface area contributed by atoms with Crippen molar-refractivity contribution in [3.8, 4) is 0 Å². The van der Waals surface area contributed by atoms with Gasteiger partial charge in [-0.25, -0.2) is 0 Å². The Bertz CT molecular complexity index is 726. The molecule has 6 nitrogen and oxygen atoms in total. The molecule has 3 unspecified atom stereocenters. The van der Waals surface area contributed by atoms with Gasteiger partial charge < -0.3 is 14.6 Å². The number of carboxylic acids is 1. The minimum Gasteiger partial charge on any atom is -0.481 e. The average Bonchev–Trinajstić information content (AvgIpc) is 3.15. The maximum absolute atomic E-state index is 13.5. The summed E-state index contributed by atoms with van der Waals surface area (Å²) >= 11 is 0. The molecule has 0 aromatic rings. The van der Waals surface area contributed by atoms with E-state index >= 15 is 0 Å². The first-order valence-electron chi connectivity index (χ1n) is 11.6. The van der Waals surface area contributed by atoms with Crippen LogP contribution < -0.4 is 0 Å². The van der Waals surface area contributed by atoms with E-state index in [4.69, 9.17) is 9.47 Å². The molecule has 0 spiro atoms. The number of hydrogen-bond acceptors (Lipinski definition) is 5. The third-order valence-electron chi connectivity index (χ3n) is 7.17. The lowest BCUT2D eigenvalue weighted by Crippen LogP contribution is -2.47. The van der Waals surface area contributed by atoms with E-state index in [1.54, 1.807) is 6.92 Å². The second kappa shape index (κ2) is 10.2. The molecule has 33 heavy (non-hydrogen) atoms. The molecule has 0 aromatic heterocycles. The lowest BCUT2D eigenvalue weighted by molar-refractivity contribution is -0.223. The summed E-state index contributed by atoms with van der Waals surface area (Å²) in [6.07, 6.45) is -3.44. The molecule has 3 atom stereocenters. The molecule has 1 fully saturated rings. The molecule has 192 valence electrons. The van der Waals surface area contributed by atoms with E-state index in [1.807, 2.05) is 6.92 Å². The first kappa shape index (κ1) is 29.2. The van der Waals surface area contributed by atoms with Crippen molar-refractivity contribution in [2.24, 2.45) is 16.2 Å². The maximum atomic E-state index is 13.5. The highest BCUT2D eigenvalue weighted by molar-refractivity contribution is 5.82. The summed E-state index contributed by atoms with van der Waals surface area (Å²) in [5.41, 5.74) is -4.85. The number of alkyl halides is 3. The molecule has 0 heterocycles. The van der Waals surface area contributed by atoms with Crippen LogP contribution in [-0.4, -0.2) is 40.9 Å². The largest absolute Gasteiger partial charge is 0.481 e. The van der Waals surface area contributed by atoms with Gasteiger partial charge in [0.05, 0.1) is 16.2 Å². The average molecular weight is 481 g/mol. The minimum absolute atomic E-state index is 0.103. The molecule has 0 aromatic carbocycles. The fourth-order valence-electron chi connectivity index (χ4n) is 4.70. The van der Waals surface area contributed by atoms with Crippen molar-refractivity contribution in [3.63, 3.8) is 0 Å². The van der Waals surface area contributed by atoms with Crippen LogP contribution in [0, 0.1) is 16.2 Å². The number of rotatable bonds is 11. The van der Waals surface area contributed by atoms with Gasteiger partial charge in [0.15, 0.2) is 6.10 Å². The van der Waals surface area contributed by atoms with Gasteiger partial charge in [-0.05, 0) is 86.0 Å². The predicted molar refractivity (Wildman–Crippen MR) is 116 cm³/mol. The van der Waals surface area contributed by atoms with Crippen molar-refractivity contribution in [2.75, 3.05) is 0 Å². The van der Waals surface area contributed by atoms with Crippen molar-refractivity contribution < 1.29 is 42.1 Å². The Morgan fingerprint density at radius 1 is 0.939 bits per heavy atom. The lowest BCUT2D eigenvalue weighted by Gasteiger charge is -2.41. The molecule has 1 rings (SSSR count). The molecule has 1 aliphatic carbocycles. The number of aliphatic carboxylic acids is 1. The highest BCUT2D eigenvalue weighted by atomic mass is 19.4. The van der Waals surface area contributed by atoms with E-state index < -0.39 is 52.0 Å². The van der Waals surface area contributed by atoms with Crippen molar-refractivity contribution in [1.82, 2.24) is 0 Å². The molecular formula is C24H39F3O6. The Kier molecular flexibility index (Phi) is 9.05. The van der Waals surface area contributed by atoms with Crippen molar-refractivity contribution in [2.45, 2.75) is 118 Å². The Morgan fingerprint density at radius 2 is 1.45 bits per heavy atom. The zero-order valence-corrected chi connectivity index (χ0v) is 20.9. The minimum atomic E-state index is -4.71. The summed E-state index contributed by atoms with van der Waals surface area (Å²) in [6, 6.07) is 0. The van der Waals surface area contributed by atoms with Gasteiger partial charge >= 0.3 is 24.1 Å². The first-order valence-corrected chi connectivity index (χ1v) is 11.6. The zero-order chi connectivity index (χ0) is 25.9. The monoisotopic (exact) mass is 480 g/mol. The molecular weight excluding hydrogens is 441 g/mol. The Labute approximate surface area is 194 Å². The van der Waals surface area contributed by atoms with E-state index in [2.05, 4.69) is 0 Å². The second-order valence-corrected chi connectivity index (χ2v) is 10.7. The quantitative estimate of drug-likeness (QED) is 0.362. The van der Waals surface area contributed by atoms with Gasteiger partial charge in [0.2, 0.25) is 0 Å². The topological polar surface area (TPSA) is 89.9 Å². The summed E-state index contributed by atoms with van der Waals surface area (Å²) in [7, 11) is 0. The fourth-order valence-corrected chi connectivity index (χ4v) is 4.70. The van der Waals surface area contributed by atoms with E-state index in [1.165, 1.54) is 27.7 Å². The first-order chi connectivity index (χ1) is 14.9. The number of esters is 2. The van der Waals surface area contributed by atoms with Crippen molar-refractivity contribution >= 4 is 17.9 Å². The van der Waals surface area contributed by atoms with Gasteiger partial charge in [0, 0.05) is 0 Å². The Hall–Kier alpha value is -1.80. The summed E-state index contributed by atoms with van der Waals surface area (Å²) in [6.45, 7) is 10.2. The van der Waals surface area contributed by atoms with E-state index in [-0.39, 0.29) is 19.3 Å². The summed E-state index contributed by atoms with van der Waals surface area (Å²) in [4.78, 5) is 38.2. The summed E-state index contributed by atoms with van der Waals surface area (Å²) in [5, 5.41) is 9.67. The predicted octanol–water partition coefficient (Wildman–Crippen LogP) is 6.06. The van der Waals surface area contributed by atoms with Crippen molar-refractivity contribution in [3.05, 3.63) is 0 Å². The number of ether oxygens (including phenoxy) is 2. The van der Waals surface area contributed by atoms with Gasteiger partial charge in [-0.1, -0.05) is 13.8 Å². The van der Waals surface area contributed by atoms with E-state index in [9.17, 15) is 32.7 Å². The molecule has 0 saturated heterocycles. The van der Waals surface area contributed by atoms with Gasteiger partial charge in [-0.2, -0.15) is 13.2 Å². The molecule has 0 radical (unpaired) electrons. The van der Waals surface area contributed by atoms with Crippen LogP contribution in [0.25, 0.3) is 0 Å². The molecule has 0 bridgehead atoms. The number of carboxylic acid groups (broad SMARTS) is 1. The highest BCUT2D eigenvalue weighted by Gasteiger charge is 2.52. The van der Waals surface area contributed by atoms with Crippen molar-refractivity contribution in [1.29, 1.82) is 0 Å². The maximum Gasteiger partial charge on any atom is 0.425 e. The third kappa shape index (κ3) is 7.09. The number of carbonyl (C=O) groups excluding carboxylic acids is 2. The molecule has 1 saturated carbocycles. The molecule has 9 heteroatoms. The standard InChI is InChI=1S/C24H39F3O6/c1-8-21(6,18(30)32-16(3)24(25,26)27)15-22(7,14-20(4,5)17(28)29)19(31)33-23(9-2)12-10-11-13-23/h16H,8-15H2,1-7H3,(H,28,29). The van der Waals surface area contributed by atoms with Gasteiger partial charge in [-0.15, -0.1) is 0 Å². The second-order valence-electron chi connectivity index (χ2n) is 10.7. The molecule has 0 aliphatic heterocycles. The molecule has 1 N–H and O–H groups in total. The van der Waals surface area contributed by atoms with Crippen LogP contribution in [0.2, 0.25) is 0 Å². The smallest absolute Gasteiger partial charge is 0.425 e. The number of halogens is 3. The van der Waals surface area contributed by atoms with Crippen LogP contribution in [0.4, 0.5) is 13.2 Å². The van der Waals surface area contributed by atoms with Gasteiger partial charge in [0.1, 0.15) is 5.60 Å². The fraction of sp³-hybridized carbons (Fsp3) is 0.875. The number of carbonyl (C=O) groups is 3. The van der Waals surface area contributed by atoms with E-state index in [0.717, 1.165) is 19.8 Å². The number of hydrogen-bond donors (Lipinski definition) is 1. The SMILES string of the molecule is CCC1(OC(=O)C(C)(CC(C)(C)C(=O)O)CC(C)(CC)C(=O)OC(C)C(F)(F)F)CCCC1. The van der Waals surface area contributed by atoms with Gasteiger partial charge in [-0.3, -0.25) is 14.4 Å². The summed E-state index contributed by atoms with van der Waals surface area (Å²) in [5.74, 6) is -2.83. The molecule has 1 aliphatic rings. The van der Waals surface area contributed by atoms with Crippen LogP contribution in [-0.2, 0) is 23.9 Å². The van der Waals surface area contributed by atoms with E-state index in [0.29, 0.717) is 19.3 Å². The Morgan fingerprint density at radius 3 is 1.85 bits per heavy atom. The Balaban J connectivity index is 3.32. The van der Waals surface area contributed by atoms with Crippen LogP contribution >= 0.6 is 0 Å². The highest BCUT2D eigenvalue weighted by Crippen LogP contribution is 2.48. The normalized spacial score (nSPS) is 20.9. The van der Waals surface area contributed by atoms with Crippen LogP contribution in [0.5, 0.6) is 0 Å². The zero-order valence-electron chi connectivity index (χ0n) is 20.9. The van der Waals surface area contributed by atoms with Crippen LogP contribution in [0.1, 0.15) is 99.8 Å². The molecule has 0 amide bonds. The van der Waals surface area contributed by atoms with Crippen LogP contribution in [0.3, 0.4) is 0 Å². The lowest BCUT2D eigenvalue weighted by atomic mass is 9.65. The van der Waals surface area contributed by atoms with Gasteiger partial charge in [0.25, 0.3) is 0 Å². The van der Waals surface area contributed by atoms with Crippen LogP contribution in [0.15, 0.2) is 0 Å².